The zero-order valence-corrected chi connectivity index (χ0v) is 25.2. The fourth-order valence-corrected chi connectivity index (χ4v) is 4.90. The van der Waals surface area contributed by atoms with Crippen molar-refractivity contribution < 1.29 is 41.1 Å². The fourth-order valence-electron chi connectivity index (χ4n) is 3.84. The second-order valence-electron chi connectivity index (χ2n) is 10.0. The lowest BCUT2D eigenvalue weighted by atomic mass is 10.1. The Balaban J connectivity index is 0.000000821. The number of amides is 2. The topological polar surface area (TPSA) is 151 Å². The molecule has 0 atom stereocenters. The molecule has 4 N–H and O–H groups in total. The summed E-state index contributed by atoms with van der Waals surface area (Å²) < 4.78 is 60.8. The minimum atomic E-state index is -5.08. The predicted molar refractivity (Wildman–Crippen MR) is 156 cm³/mol. The molecular formula is C27H37F3N6O6S. The van der Waals surface area contributed by atoms with Gasteiger partial charge in [0.15, 0.2) is 0 Å². The molecule has 0 unspecified atom stereocenters. The maximum atomic E-state index is 13.2. The predicted octanol–water partition coefficient (Wildman–Crippen LogP) is 1.59. The molecule has 0 aliphatic carbocycles. The first kappa shape index (κ1) is 35.3. The van der Waals surface area contributed by atoms with Crippen LogP contribution in [0.4, 0.5) is 24.5 Å². The van der Waals surface area contributed by atoms with Crippen molar-refractivity contribution in [3.63, 3.8) is 0 Å². The van der Waals surface area contributed by atoms with Crippen molar-refractivity contribution in [2.75, 3.05) is 76.6 Å². The number of carbonyl (C=O) groups excluding carboxylic acids is 2. The van der Waals surface area contributed by atoms with Crippen LogP contribution in [-0.4, -0.2) is 114 Å². The van der Waals surface area contributed by atoms with Gasteiger partial charge in [0.25, 0.3) is 15.9 Å². The Morgan fingerprint density at radius 2 is 1.60 bits per heavy atom. The number of aryl methyl sites for hydroxylation is 1. The van der Waals surface area contributed by atoms with Crippen LogP contribution in [0.3, 0.4) is 0 Å². The smallest absolute Gasteiger partial charge is 0.475 e. The summed E-state index contributed by atoms with van der Waals surface area (Å²) in [7, 11) is 1.50. The molecule has 0 aromatic heterocycles. The number of hydrogen-bond donors (Lipinski definition) is 4. The Labute approximate surface area is 248 Å². The molecule has 16 heteroatoms. The molecule has 43 heavy (non-hydrogen) atoms. The van der Waals surface area contributed by atoms with Gasteiger partial charge in [-0.1, -0.05) is 17.7 Å². The molecule has 0 saturated carbocycles. The van der Waals surface area contributed by atoms with Gasteiger partial charge in [-0.25, -0.2) is 13.2 Å². The summed E-state index contributed by atoms with van der Waals surface area (Å²) in [6, 6.07) is 11.6. The minimum absolute atomic E-state index is 0.101. The largest absolute Gasteiger partial charge is 0.490 e. The summed E-state index contributed by atoms with van der Waals surface area (Å²) in [4.78, 5) is 39.7. The SMILES string of the molecule is Cc1ccc(S(=O)(=O)Nc2cc(C(=O)N(C)CC(=O)NCCN(C)C)ccc2N2CCNCC2)cc1.O=C(O)C(F)(F)F. The number of alkyl halides is 3. The second-order valence-corrected chi connectivity index (χ2v) is 11.7. The van der Waals surface area contributed by atoms with Gasteiger partial charge < -0.3 is 30.4 Å². The van der Waals surface area contributed by atoms with E-state index in [0.29, 0.717) is 43.1 Å². The molecule has 2 aromatic carbocycles. The van der Waals surface area contributed by atoms with E-state index in [9.17, 15) is 31.2 Å². The molecule has 238 valence electrons. The number of piperazine rings is 1. The molecule has 3 rings (SSSR count). The van der Waals surface area contributed by atoms with E-state index in [1.165, 1.54) is 4.90 Å². The monoisotopic (exact) mass is 630 g/mol. The van der Waals surface area contributed by atoms with E-state index >= 15 is 0 Å². The van der Waals surface area contributed by atoms with Gasteiger partial charge in [0, 0.05) is 51.9 Å². The maximum Gasteiger partial charge on any atom is 0.490 e. The van der Waals surface area contributed by atoms with Gasteiger partial charge in [0.1, 0.15) is 0 Å². The number of likely N-dealkylation sites (N-methyl/N-ethyl adjacent to an activating group) is 2. The quantitative estimate of drug-likeness (QED) is 0.307. The van der Waals surface area contributed by atoms with Gasteiger partial charge in [-0.15, -0.1) is 0 Å². The lowest BCUT2D eigenvalue weighted by Crippen LogP contribution is -2.44. The van der Waals surface area contributed by atoms with Gasteiger partial charge in [-0.3, -0.25) is 14.3 Å². The summed E-state index contributed by atoms with van der Waals surface area (Å²) in [5, 5.41) is 13.2. The number of sulfonamides is 1. The van der Waals surface area contributed by atoms with E-state index < -0.39 is 22.2 Å². The first-order chi connectivity index (χ1) is 20.0. The van der Waals surface area contributed by atoms with Crippen molar-refractivity contribution in [3.05, 3.63) is 53.6 Å². The van der Waals surface area contributed by atoms with E-state index in [1.54, 1.807) is 49.5 Å². The number of nitrogens with zero attached hydrogens (tertiary/aromatic N) is 3. The minimum Gasteiger partial charge on any atom is -0.475 e. The first-order valence-corrected chi connectivity index (χ1v) is 14.7. The van der Waals surface area contributed by atoms with Crippen LogP contribution >= 0.6 is 0 Å². The average molecular weight is 631 g/mol. The van der Waals surface area contributed by atoms with Crippen LogP contribution in [-0.2, 0) is 19.6 Å². The molecular weight excluding hydrogens is 593 g/mol. The molecule has 0 spiro atoms. The molecule has 0 radical (unpaired) electrons. The third-order valence-electron chi connectivity index (χ3n) is 6.13. The van der Waals surface area contributed by atoms with Gasteiger partial charge >= 0.3 is 12.1 Å². The Morgan fingerprint density at radius 1 is 1.02 bits per heavy atom. The Morgan fingerprint density at radius 3 is 2.14 bits per heavy atom. The van der Waals surface area contributed by atoms with Crippen molar-refractivity contribution in [3.8, 4) is 0 Å². The van der Waals surface area contributed by atoms with Crippen LogP contribution in [0, 0.1) is 6.92 Å². The number of benzene rings is 2. The Hall–Kier alpha value is -3.89. The molecule has 2 amide bonds. The van der Waals surface area contributed by atoms with Crippen LogP contribution < -0.4 is 20.3 Å². The van der Waals surface area contributed by atoms with Crippen molar-refractivity contribution in [2.24, 2.45) is 0 Å². The number of carboxylic acids is 1. The number of hydrogen-bond acceptors (Lipinski definition) is 8. The number of rotatable bonds is 10. The van der Waals surface area contributed by atoms with Crippen LogP contribution in [0.25, 0.3) is 0 Å². The summed E-state index contributed by atoms with van der Waals surface area (Å²) >= 11 is 0. The summed E-state index contributed by atoms with van der Waals surface area (Å²) in [6.45, 7) is 5.93. The average Bonchev–Trinajstić information content (AvgIpc) is 2.92. The summed E-state index contributed by atoms with van der Waals surface area (Å²) in [5.41, 5.74) is 2.27. The van der Waals surface area contributed by atoms with Crippen LogP contribution in [0.15, 0.2) is 47.4 Å². The first-order valence-electron chi connectivity index (χ1n) is 13.2. The number of halogens is 3. The van der Waals surface area contributed by atoms with E-state index in [4.69, 9.17) is 9.90 Å². The zero-order valence-electron chi connectivity index (χ0n) is 24.4. The molecule has 12 nitrogen and oxygen atoms in total. The van der Waals surface area contributed by atoms with Crippen LogP contribution in [0.1, 0.15) is 15.9 Å². The molecule has 1 fully saturated rings. The highest BCUT2D eigenvalue weighted by molar-refractivity contribution is 7.92. The van der Waals surface area contributed by atoms with Crippen molar-refractivity contribution >= 4 is 39.2 Å². The second kappa shape index (κ2) is 15.5. The van der Waals surface area contributed by atoms with E-state index in [-0.39, 0.29) is 23.3 Å². The van der Waals surface area contributed by atoms with E-state index in [1.807, 2.05) is 25.9 Å². The fraction of sp³-hybridized carbons (Fsp3) is 0.444. The number of aliphatic carboxylic acids is 1. The number of carbonyl (C=O) groups is 3. The number of nitrogens with one attached hydrogen (secondary N) is 3. The zero-order chi connectivity index (χ0) is 32.4. The van der Waals surface area contributed by atoms with E-state index in [2.05, 4.69) is 20.3 Å². The highest BCUT2D eigenvalue weighted by Gasteiger charge is 2.38. The molecule has 1 heterocycles. The van der Waals surface area contributed by atoms with Gasteiger partial charge in [-0.05, 0) is 51.4 Å². The highest BCUT2D eigenvalue weighted by atomic mass is 32.2. The Bertz CT molecular complexity index is 1360. The van der Waals surface area contributed by atoms with Gasteiger partial charge in [0.2, 0.25) is 5.91 Å². The normalized spacial score (nSPS) is 13.5. The molecule has 1 aliphatic heterocycles. The standard InChI is InChI=1S/C25H36N6O4S.C2HF3O2/c1-19-5-8-21(9-6-19)36(34,35)28-22-17-20(7-10-23(22)31-15-11-26-12-16-31)25(33)30(4)18-24(32)27-13-14-29(2)3;3-2(4,5)1(6)7/h5-10,17,26,28H,11-16,18H2,1-4H3,(H,27,32);(H,6,7). The summed E-state index contributed by atoms with van der Waals surface area (Å²) in [5.74, 6) is -3.39. The van der Waals surface area contributed by atoms with Crippen molar-refractivity contribution in [1.82, 2.24) is 20.4 Å². The van der Waals surface area contributed by atoms with Crippen molar-refractivity contribution in [1.29, 1.82) is 0 Å². The lowest BCUT2D eigenvalue weighted by molar-refractivity contribution is -0.192. The van der Waals surface area contributed by atoms with Gasteiger partial charge in [0.05, 0.1) is 22.8 Å². The third kappa shape index (κ3) is 11.4. The molecule has 1 aliphatic rings. The van der Waals surface area contributed by atoms with E-state index in [0.717, 1.165) is 18.7 Å². The highest BCUT2D eigenvalue weighted by Crippen LogP contribution is 2.30. The number of carboxylic acid groups (broad SMARTS) is 1. The van der Waals surface area contributed by atoms with Crippen molar-refractivity contribution in [2.45, 2.75) is 18.0 Å². The molecule has 2 aromatic rings. The molecule has 0 bridgehead atoms. The van der Waals surface area contributed by atoms with Crippen LogP contribution in [0.5, 0.6) is 0 Å². The van der Waals surface area contributed by atoms with Gasteiger partial charge in [-0.2, -0.15) is 13.2 Å². The lowest BCUT2D eigenvalue weighted by Gasteiger charge is -2.31. The maximum absolute atomic E-state index is 13.2. The Kier molecular flexibility index (Phi) is 12.8. The van der Waals surface area contributed by atoms with Crippen LogP contribution in [0.2, 0.25) is 0 Å². The third-order valence-corrected chi connectivity index (χ3v) is 7.51. The molecule has 1 saturated heterocycles. The number of anilines is 2. The summed E-state index contributed by atoms with van der Waals surface area (Å²) in [6.07, 6.45) is -5.08.